The highest BCUT2D eigenvalue weighted by atomic mass is 32.2. The molecule has 0 radical (unpaired) electrons. The van der Waals surface area contributed by atoms with Crippen LogP contribution >= 0.6 is 11.8 Å². The molecule has 1 heterocycles. The lowest BCUT2D eigenvalue weighted by Gasteiger charge is -2.04. The summed E-state index contributed by atoms with van der Waals surface area (Å²) in [5, 5.41) is 9.71. The lowest BCUT2D eigenvalue weighted by molar-refractivity contribution is 0.382. The SMILES string of the molecule is CNC(C)Cc1noc(CSc2ccc3ccccc3c2)n1. The first-order valence-corrected chi connectivity index (χ1v) is 8.33. The summed E-state index contributed by atoms with van der Waals surface area (Å²) in [6.07, 6.45) is 0.778. The summed E-state index contributed by atoms with van der Waals surface area (Å²) in [7, 11) is 1.93. The Morgan fingerprint density at radius 2 is 2.00 bits per heavy atom. The second-order valence-electron chi connectivity index (χ2n) is 5.30. The van der Waals surface area contributed by atoms with Gasteiger partial charge in [0.1, 0.15) is 0 Å². The molecule has 0 fully saturated rings. The number of benzene rings is 2. The number of likely N-dealkylation sites (N-methyl/N-ethyl adjacent to an activating group) is 1. The maximum absolute atomic E-state index is 5.31. The van der Waals surface area contributed by atoms with E-state index in [4.69, 9.17) is 4.52 Å². The van der Waals surface area contributed by atoms with Gasteiger partial charge in [0.05, 0.1) is 5.75 Å². The quantitative estimate of drug-likeness (QED) is 0.704. The van der Waals surface area contributed by atoms with Gasteiger partial charge in [0.25, 0.3) is 0 Å². The number of hydrogen-bond acceptors (Lipinski definition) is 5. The molecule has 3 rings (SSSR count). The molecule has 1 atom stereocenters. The standard InChI is InChI=1S/C17H19N3OS/c1-12(18-2)9-16-19-17(21-20-16)11-22-15-8-7-13-5-3-4-6-14(13)10-15/h3-8,10,12,18H,9,11H2,1-2H3. The topological polar surface area (TPSA) is 51.0 Å². The van der Waals surface area contributed by atoms with Crippen molar-refractivity contribution in [3.63, 3.8) is 0 Å². The van der Waals surface area contributed by atoms with E-state index in [1.54, 1.807) is 11.8 Å². The van der Waals surface area contributed by atoms with E-state index >= 15 is 0 Å². The molecule has 1 unspecified atom stereocenters. The number of nitrogens with one attached hydrogen (secondary N) is 1. The summed E-state index contributed by atoms with van der Waals surface area (Å²) in [4.78, 5) is 5.65. The highest BCUT2D eigenvalue weighted by Gasteiger charge is 2.09. The van der Waals surface area contributed by atoms with E-state index < -0.39 is 0 Å². The summed E-state index contributed by atoms with van der Waals surface area (Å²) in [6.45, 7) is 2.10. The third kappa shape index (κ3) is 3.67. The number of hydrogen-bond donors (Lipinski definition) is 1. The highest BCUT2D eigenvalue weighted by molar-refractivity contribution is 7.98. The molecule has 0 aliphatic rings. The summed E-state index contributed by atoms with van der Waals surface area (Å²) in [5.74, 6) is 2.13. The molecule has 0 spiro atoms. The molecule has 4 nitrogen and oxygen atoms in total. The van der Waals surface area contributed by atoms with Crippen molar-refractivity contribution in [1.82, 2.24) is 15.5 Å². The Bertz CT molecular complexity index is 756. The van der Waals surface area contributed by atoms with E-state index in [0.29, 0.717) is 17.7 Å². The third-order valence-corrected chi connectivity index (χ3v) is 4.55. The first kappa shape index (κ1) is 15.1. The molecule has 114 valence electrons. The van der Waals surface area contributed by atoms with Crippen molar-refractivity contribution in [2.45, 2.75) is 30.0 Å². The van der Waals surface area contributed by atoms with Crippen LogP contribution in [-0.4, -0.2) is 23.2 Å². The van der Waals surface area contributed by atoms with Gasteiger partial charge in [-0.3, -0.25) is 0 Å². The Kier molecular flexibility index (Phi) is 4.75. The highest BCUT2D eigenvalue weighted by Crippen LogP contribution is 2.26. The van der Waals surface area contributed by atoms with Crippen molar-refractivity contribution in [3.05, 3.63) is 54.2 Å². The summed E-state index contributed by atoms with van der Waals surface area (Å²) >= 11 is 1.71. The molecular formula is C17H19N3OS. The lowest BCUT2D eigenvalue weighted by atomic mass is 10.1. The Labute approximate surface area is 134 Å². The van der Waals surface area contributed by atoms with Crippen LogP contribution in [0.3, 0.4) is 0 Å². The molecule has 22 heavy (non-hydrogen) atoms. The molecule has 0 saturated carbocycles. The van der Waals surface area contributed by atoms with Gasteiger partial charge < -0.3 is 9.84 Å². The average Bonchev–Trinajstić information content (AvgIpc) is 3.00. The molecule has 0 bridgehead atoms. The van der Waals surface area contributed by atoms with Gasteiger partial charge in [-0.15, -0.1) is 11.8 Å². The summed E-state index contributed by atoms with van der Waals surface area (Å²) < 4.78 is 5.31. The van der Waals surface area contributed by atoms with Crippen LogP contribution in [0.5, 0.6) is 0 Å². The van der Waals surface area contributed by atoms with Gasteiger partial charge in [-0.2, -0.15) is 4.98 Å². The first-order valence-electron chi connectivity index (χ1n) is 7.35. The van der Waals surface area contributed by atoms with Gasteiger partial charge in [-0.05, 0) is 36.9 Å². The zero-order chi connectivity index (χ0) is 15.4. The van der Waals surface area contributed by atoms with Crippen LogP contribution in [0.1, 0.15) is 18.6 Å². The van der Waals surface area contributed by atoms with Crippen molar-refractivity contribution < 1.29 is 4.52 Å². The van der Waals surface area contributed by atoms with E-state index in [0.717, 1.165) is 12.2 Å². The van der Waals surface area contributed by atoms with E-state index in [1.807, 2.05) is 7.05 Å². The normalized spacial score (nSPS) is 12.6. The monoisotopic (exact) mass is 313 g/mol. The van der Waals surface area contributed by atoms with Crippen LogP contribution < -0.4 is 5.32 Å². The molecule has 0 amide bonds. The van der Waals surface area contributed by atoms with Crippen molar-refractivity contribution >= 4 is 22.5 Å². The van der Waals surface area contributed by atoms with Gasteiger partial charge in [0.2, 0.25) is 5.89 Å². The van der Waals surface area contributed by atoms with Gasteiger partial charge in [-0.25, -0.2) is 0 Å². The van der Waals surface area contributed by atoms with E-state index in [1.165, 1.54) is 15.7 Å². The van der Waals surface area contributed by atoms with Crippen LogP contribution in [0.2, 0.25) is 0 Å². The zero-order valence-electron chi connectivity index (χ0n) is 12.7. The van der Waals surface area contributed by atoms with Gasteiger partial charge in [0.15, 0.2) is 5.82 Å². The minimum atomic E-state index is 0.346. The Balaban J connectivity index is 1.63. The van der Waals surface area contributed by atoms with Crippen LogP contribution in [-0.2, 0) is 12.2 Å². The first-order chi connectivity index (χ1) is 10.7. The largest absolute Gasteiger partial charge is 0.338 e. The fourth-order valence-electron chi connectivity index (χ4n) is 2.21. The van der Waals surface area contributed by atoms with E-state index in [9.17, 15) is 0 Å². The maximum Gasteiger partial charge on any atom is 0.237 e. The fourth-order valence-corrected chi connectivity index (χ4v) is 2.99. The molecular weight excluding hydrogens is 294 g/mol. The molecule has 1 aromatic heterocycles. The van der Waals surface area contributed by atoms with Crippen LogP contribution in [0.25, 0.3) is 10.8 Å². The van der Waals surface area contributed by atoms with Crippen molar-refractivity contribution in [2.24, 2.45) is 0 Å². The molecule has 1 N–H and O–H groups in total. The fraction of sp³-hybridized carbons (Fsp3) is 0.294. The zero-order valence-corrected chi connectivity index (χ0v) is 13.6. The molecule has 5 heteroatoms. The van der Waals surface area contributed by atoms with Gasteiger partial charge in [-0.1, -0.05) is 35.5 Å². The molecule has 0 saturated heterocycles. The van der Waals surface area contributed by atoms with Crippen molar-refractivity contribution in [3.8, 4) is 0 Å². The molecule has 0 aliphatic heterocycles. The van der Waals surface area contributed by atoms with Crippen LogP contribution in [0, 0.1) is 0 Å². The number of fused-ring (bicyclic) bond motifs is 1. The average molecular weight is 313 g/mol. The second-order valence-corrected chi connectivity index (χ2v) is 6.34. The number of aromatic nitrogens is 2. The predicted octanol–water partition coefficient (Wildman–Crippen LogP) is 3.67. The minimum absolute atomic E-state index is 0.346. The minimum Gasteiger partial charge on any atom is -0.338 e. The second kappa shape index (κ2) is 6.94. The Morgan fingerprint density at radius 1 is 1.18 bits per heavy atom. The van der Waals surface area contributed by atoms with Crippen LogP contribution in [0.15, 0.2) is 51.9 Å². The summed E-state index contributed by atoms with van der Waals surface area (Å²) in [5.41, 5.74) is 0. The predicted molar refractivity (Wildman–Crippen MR) is 90.0 cm³/mol. The van der Waals surface area contributed by atoms with Crippen molar-refractivity contribution in [1.29, 1.82) is 0 Å². The molecule has 3 aromatic rings. The maximum atomic E-state index is 5.31. The Hall–Kier alpha value is -1.85. The molecule has 0 aliphatic carbocycles. The Morgan fingerprint density at radius 3 is 2.82 bits per heavy atom. The smallest absolute Gasteiger partial charge is 0.237 e. The molecule has 2 aromatic carbocycles. The van der Waals surface area contributed by atoms with Crippen LogP contribution in [0.4, 0.5) is 0 Å². The summed E-state index contributed by atoms with van der Waals surface area (Å²) in [6, 6.07) is 15.2. The number of nitrogens with zero attached hydrogens (tertiary/aromatic N) is 2. The van der Waals surface area contributed by atoms with Gasteiger partial charge >= 0.3 is 0 Å². The van der Waals surface area contributed by atoms with E-state index in [-0.39, 0.29) is 0 Å². The number of thioether (sulfide) groups is 1. The lowest BCUT2D eigenvalue weighted by Crippen LogP contribution is -2.24. The third-order valence-electron chi connectivity index (χ3n) is 3.57. The van der Waals surface area contributed by atoms with Crippen molar-refractivity contribution in [2.75, 3.05) is 7.05 Å². The van der Waals surface area contributed by atoms with Gasteiger partial charge in [0, 0.05) is 17.4 Å². The number of rotatable bonds is 6. The van der Waals surface area contributed by atoms with E-state index in [2.05, 4.69) is 64.8 Å².